The van der Waals surface area contributed by atoms with Gasteiger partial charge in [0.1, 0.15) is 0 Å². The van der Waals surface area contributed by atoms with Gasteiger partial charge in [-0.1, -0.05) is 13.0 Å². The van der Waals surface area contributed by atoms with Crippen molar-refractivity contribution in [1.82, 2.24) is 15.0 Å². The molecule has 0 radical (unpaired) electrons. The molecule has 106 valence electrons. The molecular formula is C13H22N4O2. The van der Waals surface area contributed by atoms with E-state index in [9.17, 15) is 0 Å². The first-order chi connectivity index (χ1) is 9.30. The van der Waals surface area contributed by atoms with Gasteiger partial charge in [-0.2, -0.15) is 9.97 Å². The van der Waals surface area contributed by atoms with Gasteiger partial charge in [0.25, 0.3) is 0 Å². The number of hydrogen-bond acceptors (Lipinski definition) is 6. The predicted octanol–water partition coefficient (Wildman–Crippen LogP) is 2.44. The fourth-order valence-electron chi connectivity index (χ4n) is 1.29. The summed E-state index contributed by atoms with van der Waals surface area (Å²) in [4.78, 5) is 12.4. The SMILES string of the molecule is C=CCCCOc1nc(NCC)nc(OCCC)n1. The smallest absolute Gasteiger partial charge is 0.324 e. The highest BCUT2D eigenvalue weighted by Crippen LogP contribution is 2.13. The molecular weight excluding hydrogens is 244 g/mol. The van der Waals surface area contributed by atoms with Crippen LogP contribution in [0.15, 0.2) is 12.7 Å². The van der Waals surface area contributed by atoms with E-state index in [-0.39, 0.29) is 0 Å². The highest BCUT2D eigenvalue weighted by atomic mass is 16.5. The molecule has 0 unspecified atom stereocenters. The minimum atomic E-state index is 0.293. The van der Waals surface area contributed by atoms with Crippen LogP contribution in [0.4, 0.5) is 5.95 Å². The zero-order valence-electron chi connectivity index (χ0n) is 11.7. The van der Waals surface area contributed by atoms with Crippen LogP contribution in [0, 0.1) is 0 Å². The van der Waals surface area contributed by atoms with E-state index in [1.807, 2.05) is 19.9 Å². The lowest BCUT2D eigenvalue weighted by Crippen LogP contribution is -2.09. The summed E-state index contributed by atoms with van der Waals surface area (Å²) in [7, 11) is 0. The van der Waals surface area contributed by atoms with Crippen molar-refractivity contribution in [2.75, 3.05) is 25.1 Å². The van der Waals surface area contributed by atoms with Crippen LogP contribution in [-0.2, 0) is 0 Å². The molecule has 0 amide bonds. The summed E-state index contributed by atoms with van der Waals surface area (Å²) in [5, 5.41) is 3.03. The maximum atomic E-state index is 5.49. The number of hydrogen-bond donors (Lipinski definition) is 1. The Morgan fingerprint density at radius 3 is 2.37 bits per heavy atom. The minimum absolute atomic E-state index is 0.293. The van der Waals surface area contributed by atoms with Gasteiger partial charge in [-0.15, -0.1) is 11.6 Å². The molecule has 0 saturated carbocycles. The number of aromatic nitrogens is 3. The molecule has 1 N–H and O–H groups in total. The molecule has 6 heteroatoms. The molecule has 19 heavy (non-hydrogen) atoms. The number of allylic oxidation sites excluding steroid dienone is 1. The Bertz CT molecular complexity index is 385. The second-order valence-corrected chi connectivity index (χ2v) is 3.88. The van der Waals surface area contributed by atoms with E-state index in [0.29, 0.717) is 31.2 Å². The molecule has 0 atom stereocenters. The minimum Gasteiger partial charge on any atom is -0.463 e. The Labute approximate surface area is 114 Å². The van der Waals surface area contributed by atoms with Crippen LogP contribution >= 0.6 is 0 Å². The Morgan fingerprint density at radius 2 is 1.79 bits per heavy atom. The van der Waals surface area contributed by atoms with Crippen LogP contribution in [0.3, 0.4) is 0 Å². The second-order valence-electron chi connectivity index (χ2n) is 3.88. The molecule has 0 bridgehead atoms. The van der Waals surface area contributed by atoms with Crippen molar-refractivity contribution in [2.45, 2.75) is 33.1 Å². The van der Waals surface area contributed by atoms with Gasteiger partial charge in [-0.05, 0) is 26.2 Å². The first kappa shape index (κ1) is 15.2. The van der Waals surface area contributed by atoms with E-state index in [1.165, 1.54) is 0 Å². The number of rotatable bonds is 10. The van der Waals surface area contributed by atoms with Crippen molar-refractivity contribution < 1.29 is 9.47 Å². The maximum absolute atomic E-state index is 5.49. The Kier molecular flexibility index (Phi) is 7.31. The fourth-order valence-corrected chi connectivity index (χ4v) is 1.29. The lowest BCUT2D eigenvalue weighted by Gasteiger charge is -2.08. The molecule has 1 heterocycles. The van der Waals surface area contributed by atoms with Gasteiger partial charge in [0.15, 0.2) is 0 Å². The topological polar surface area (TPSA) is 69.2 Å². The fraction of sp³-hybridized carbons (Fsp3) is 0.615. The van der Waals surface area contributed by atoms with E-state index in [2.05, 4.69) is 26.8 Å². The van der Waals surface area contributed by atoms with Crippen molar-refractivity contribution >= 4 is 5.95 Å². The van der Waals surface area contributed by atoms with Crippen molar-refractivity contribution in [3.63, 3.8) is 0 Å². The Hall–Kier alpha value is -1.85. The molecule has 0 fully saturated rings. The molecule has 0 aliphatic carbocycles. The third kappa shape index (κ3) is 6.03. The van der Waals surface area contributed by atoms with E-state index < -0.39 is 0 Å². The van der Waals surface area contributed by atoms with Crippen LogP contribution in [0.25, 0.3) is 0 Å². The summed E-state index contributed by atoms with van der Waals surface area (Å²) in [6.07, 6.45) is 4.55. The highest BCUT2D eigenvalue weighted by molar-refractivity contribution is 5.27. The van der Waals surface area contributed by atoms with Crippen molar-refractivity contribution in [3.8, 4) is 12.0 Å². The Morgan fingerprint density at radius 1 is 1.11 bits per heavy atom. The van der Waals surface area contributed by atoms with Crippen LogP contribution in [-0.4, -0.2) is 34.7 Å². The third-order valence-corrected chi connectivity index (χ3v) is 2.15. The van der Waals surface area contributed by atoms with Crippen molar-refractivity contribution in [3.05, 3.63) is 12.7 Å². The number of unbranched alkanes of at least 4 members (excludes halogenated alkanes) is 1. The quantitative estimate of drug-likeness (QED) is 0.518. The average molecular weight is 266 g/mol. The molecule has 0 aliphatic heterocycles. The van der Waals surface area contributed by atoms with Gasteiger partial charge in [-0.25, -0.2) is 0 Å². The number of ether oxygens (including phenoxy) is 2. The van der Waals surface area contributed by atoms with Crippen LogP contribution in [0.5, 0.6) is 12.0 Å². The molecule has 1 aromatic heterocycles. The first-order valence-corrected chi connectivity index (χ1v) is 6.66. The summed E-state index contributed by atoms with van der Waals surface area (Å²) in [6, 6.07) is 0.590. The second kappa shape index (κ2) is 9.13. The number of nitrogens with zero attached hydrogens (tertiary/aromatic N) is 3. The van der Waals surface area contributed by atoms with Gasteiger partial charge in [0.05, 0.1) is 13.2 Å². The molecule has 1 rings (SSSR count). The van der Waals surface area contributed by atoms with Gasteiger partial charge in [0.2, 0.25) is 5.95 Å². The lowest BCUT2D eigenvalue weighted by molar-refractivity contribution is 0.260. The first-order valence-electron chi connectivity index (χ1n) is 6.66. The molecule has 0 saturated heterocycles. The predicted molar refractivity (Wildman–Crippen MR) is 74.7 cm³/mol. The van der Waals surface area contributed by atoms with Crippen molar-refractivity contribution in [1.29, 1.82) is 0 Å². The highest BCUT2D eigenvalue weighted by Gasteiger charge is 2.07. The molecule has 6 nitrogen and oxygen atoms in total. The normalized spacial score (nSPS) is 10.0. The molecule has 0 aromatic carbocycles. The number of anilines is 1. The van der Waals surface area contributed by atoms with Gasteiger partial charge in [-0.3, -0.25) is 0 Å². The molecule has 0 spiro atoms. The molecule has 0 aliphatic rings. The maximum Gasteiger partial charge on any atom is 0.324 e. The zero-order chi connectivity index (χ0) is 13.9. The summed E-state index contributed by atoms with van der Waals surface area (Å²) >= 11 is 0. The van der Waals surface area contributed by atoms with E-state index in [4.69, 9.17) is 9.47 Å². The van der Waals surface area contributed by atoms with E-state index in [0.717, 1.165) is 25.8 Å². The third-order valence-electron chi connectivity index (χ3n) is 2.15. The summed E-state index contributed by atoms with van der Waals surface area (Å²) in [5.41, 5.74) is 0. The average Bonchev–Trinajstić information content (AvgIpc) is 2.42. The summed E-state index contributed by atoms with van der Waals surface area (Å²) < 4.78 is 10.9. The van der Waals surface area contributed by atoms with Crippen LogP contribution in [0.1, 0.15) is 33.1 Å². The standard InChI is InChI=1S/C13H22N4O2/c1-4-7-8-10-19-13-16-11(14-6-3)15-12(17-13)18-9-5-2/h4H,1,5-10H2,2-3H3,(H,14,15,16,17). The van der Waals surface area contributed by atoms with E-state index >= 15 is 0 Å². The summed E-state index contributed by atoms with van der Waals surface area (Å²) in [6.45, 7) is 9.52. The molecule has 1 aromatic rings. The largest absolute Gasteiger partial charge is 0.463 e. The lowest BCUT2D eigenvalue weighted by atomic mass is 10.3. The monoisotopic (exact) mass is 266 g/mol. The van der Waals surface area contributed by atoms with Crippen LogP contribution < -0.4 is 14.8 Å². The van der Waals surface area contributed by atoms with E-state index in [1.54, 1.807) is 0 Å². The van der Waals surface area contributed by atoms with Gasteiger partial charge in [0, 0.05) is 6.54 Å². The van der Waals surface area contributed by atoms with Gasteiger partial charge >= 0.3 is 12.0 Å². The number of nitrogens with one attached hydrogen (secondary N) is 1. The zero-order valence-corrected chi connectivity index (χ0v) is 11.7. The van der Waals surface area contributed by atoms with Gasteiger partial charge < -0.3 is 14.8 Å². The van der Waals surface area contributed by atoms with Crippen molar-refractivity contribution in [2.24, 2.45) is 0 Å². The summed E-state index contributed by atoms with van der Waals surface area (Å²) in [5.74, 6) is 0.474. The van der Waals surface area contributed by atoms with Crippen LogP contribution in [0.2, 0.25) is 0 Å². The Balaban J connectivity index is 2.65.